The molecule has 17 heavy (non-hydrogen) atoms. The summed E-state index contributed by atoms with van der Waals surface area (Å²) in [5, 5.41) is 10.2. The molecule has 3 unspecified atom stereocenters. The quantitative estimate of drug-likeness (QED) is 0.810. The summed E-state index contributed by atoms with van der Waals surface area (Å²) in [5.41, 5.74) is 2.07. The van der Waals surface area contributed by atoms with Gasteiger partial charge in [-0.15, -0.1) is 0 Å². The number of benzene rings is 1. The van der Waals surface area contributed by atoms with Crippen molar-refractivity contribution in [2.75, 3.05) is 6.61 Å². The first-order chi connectivity index (χ1) is 8.24. The van der Waals surface area contributed by atoms with Gasteiger partial charge < -0.3 is 14.6 Å². The molecule has 0 amide bonds. The van der Waals surface area contributed by atoms with Crippen LogP contribution in [0.4, 0.5) is 0 Å². The molecule has 3 atom stereocenters. The first-order valence-corrected chi connectivity index (χ1v) is 6.31. The van der Waals surface area contributed by atoms with E-state index in [0.717, 1.165) is 36.3 Å². The van der Waals surface area contributed by atoms with Gasteiger partial charge in [-0.05, 0) is 31.9 Å². The van der Waals surface area contributed by atoms with Gasteiger partial charge in [-0.3, -0.25) is 0 Å². The van der Waals surface area contributed by atoms with E-state index in [0.29, 0.717) is 6.42 Å². The monoisotopic (exact) mass is 234 g/mol. The fourth-order valence-corrected chi connectivity index (χ4v) is 2.72. The summed E-state index contributed by atoms with van der Waals surface area (Å²) >= 11 is 0. The van der Waals surface area contributed by atoms with Crippen molar-refractivity contribution in [1.82, 2.24) is 0 Å². The van der Waals surface area contributed by atoms with Gasteiger partial charge in [0.05, 0.1) is 12.2 Å². The number of aryl methyl sites for hydroxylation is 1. The molecule has 3 heteroatoms. The molecule has 2 heterocycles. The number of aliphatic hydroxyl groups excluding tert-OH is 1. The Bertz CT molecular complexity index is 410. The second-order valence-electron chi connectivity index (χ2n) is 5.00. The molecule has 1 aromatic rings. The summed E-state index contributed by atoms with van der Waals surface area (Å²) in [5.74, 6) is 0.815. The number of aliphatic hydroxyl groups is 1. The van der Waals surface area contributed by atoms with Gasteiger partial charge in [0.2, 0.25) is 0 Å². The number of fused-ring (bicyclic) bond motifs is 1. The molecule has 1 N–H and O–H groups in total. The summed E-state index contributed by atoms with van der Waals surface area (Å²) in [6.45, 7) is 2.85. The SMILES string of the molecule is Cc1ccc2c(c1)C(O)CC(C1CCCO1)O2. The summed E-state index contributed by atoms with van der Waals surface area (Å²) in [4.78, 5) is 0. The van der Waals surface area contributed by atoms with Crippen LogP contribution in [0.3, 0.4) is 0 Å². The van der Waals surface area contributed by atoms with Crippen molar-refractivity contribution in [3.05, 3.63) is 29.3 Å². The van der Waals surface area contributed by atoms with Crippen LogP contribution in [-0.4, -0.2) is 23.9 Å². The predicted molar refractivity (Wildman–Crippen MR) is 64.1 cm³/mol. The number of rotatable bonds is 1. The summed E-state index contributed by atoms with van der Waals surface area (Å²) in [6, 6.07) is 5.98. The van der Waals surface area contributed by atoms with Crippen molar-refractivity contribution in [2.24, 2.45) is 0 Å². The first kappa shape index (κ1) is 11.1. The Morgan fingerprint density at radius 3 is 2.94 bits per heavy atom. The Morgan fingerprint density at radius 1 is 1.29 bits per heavy atom. The lowest BCUT2D eigenvalue weighted by molar-refractivity contribution is -0.0271. The highest BCUT2D eigenvalue weighted by Crippen LogP contribution is 2.38. The molecule has 1 saturated heterocycles. The molecular formula is C14H18O3. The van der Waals surface area contributed by atoms with E-state index in [4.69, 9.17) is 9.47 Å². The van der Waals surface area contributed by atoms with Gasteiger partial charge in [0.25, 0.3) is 0 Å². The summed E-state index contributed by atoms with van der Waals surface area (Å²) < 4.78 is 11.6. The molecule has 0 saturated carbocycles. The lowest BCUT2D eigenvalue weighted by Crippen LogP contribution is -2.36. The average molecular weight is 234 g/mol. The minimum absolute atomic E-state index is 0.00251. The van der Waals surface area contributed by atoms with Crippen LogP contribution in [0.25, 0.3) is 0 Å². The number of ether oxygens (including phenoxy) is 2. The molecule has 3 nitrogen and oxygen atoms in total. The maximum Gasteiger partial charge on any atom is 0.128 e. The standard InChI is InChI=1S/C14H18O3/c1-9-4-5-12-10(7-9)11(15)8-14(17-12)13-3-2-6-16-13/h4-5,7,11,13-15H,2-3,6,8H2,1H3. The maximum atomic E-state index is 10.2. The van der Waals surface area contributed by atoms with E-state index in [-0.39, 0.29) is 12.2 Å². The Balaban J connectivity index is 1.84. The van der Waals surface area contributed by atoms with Crippen molar-refractivity contribution in [3.63, 3.8) is 0 Å². The summed E-state index contributed by atoms with van der Waals surface area (Å²) in [7, 11) is 0. The lowest BCUT2D eigenvalue weighted by atomic mass is 9.94. The molecule has 1 fully saturated rings. The topological polar surface area (TPSA) is 38.7 Å². The zero-order valence-corrected chi connectivity index (χ0v) is 10.1. The van der Waals surface area contributed by atoms with Crippen molar-refractivity contribution in [2.45, 2.75) is 44.5 Å². The lowest BCUT2D eigenvalue weighted by Gasteiger charge is -2.32. The first-order valence-electron chi connectivity index (χ1n) is 6.31. The van der Waals surface area contributed by atoms with Crippen LogP contribution < -0.4 is 4.74 Å². The van der Waals surface area contributed by atoms with Gasteiger partial charge in [-0.1, -0.05) is 11.6 Å². The van der Waals surface area contributed by atoms with Crippen molar-refractivity contribution < 1.29 is 14.6 Å². The molecule has 0 spiro atoms. The van der Waals surface area contributed by atoms with Gasteiger partial charge in [0.15, 0.2) is 0 Å². The van der Waals surface area contributed by atoms with Gasteiger partial charge in [0, 0.05) is 18.6 Å². The third-order valence-electron chi connectivity index (χ3n) is 3.64. The minimum Gasteiger partial charge on any atom is -0.487 e. The molecule has 1 aromatic carbocycles. The van der Waals surface area contributed by atoms with Gasteiger partial charge in [-0.2, -0.15) is 0 Å². The van der Waals surface area contributed by atoms with Crippen LogP contribution in [0.1, 0.15) is 36.5 Å². The largest absolute Gasteiger partial charge is 0.487 e. The molecule has 0 aromatic heterocycles. The Labute approximate surface area is 101 Å². The van der Waals surface area contributed by atoms with Crippen molar-refractivity contribution in [1.29, 1.82) is 0 Å². The molecule has 0 radical (unpaired) electrons. The van der Waals surface area contributed by atoms with E-state index in [1.807, 2.05) is 25.1 Å². The molecule has 3 rings (SSSR count). The van der Waals surface area contributed by atoms with Crippen LogP contribution in [0.15, 0.2) is 18.2 Å². The van der Waals surface area contributed by atoms with Gasteiger partial charge in [-0.25, -0.2) is 0 Å². The predicted octanol–water partition coefficient (Wildman–Crippen LogP) is 2.36. The molecule has 92 valence electrons. The van der Waals surface area contributed by atoms with E-state index < -0.39 is 6.10 Å². The van der Waals surface area contributed by atoms with E-state index >= 15 is 0 Å². The third kappa shape index (κ3) is 2.05. The molecule has 0 aliphatic carbocycles. The second kappa shape index (κ2) is 4.31. The van der Waals surface area contributed by atoms with Crippen LogP contribution in [-0.2, 0) is 4.74 Å². The highest BCUT2D eigenvalue weighted by Gasteiger charge is 2.34. The highest BCUT2D eigenvalue weighted by molar-refractivity contribution is 5.40. The molecule has 2 aliphatic rings. The van der Waals surface area contributed by atoms with Crippen molar-refractivity contribution in [3.8, 4) is 5.75 Å². The van der Waals surface area contributed by atoms with E-state index in [9.17, 15) is 5.11 Å². The Morgan fingerprint density at radius 2 is 2.18 bits per heavy atom. The van der Waals surface area contributed by atoms with E-state index in [2.05, 4.69) is 0 Å². The van der Waals surface area contributed by atoms with Crippen molar-refractivity contribution >= 4 is 0 Å². The van der Waals surface area contributed by atoms with Gasteiger partial charge in [0.1, 0.15) is 11.9 Å². The zero-order chi connectivity index (χ0) is 11.8. The van der Waals surface area contributed by atoms with E-state index in [1.54, 1.807) is 0 Å². The average Bonchev–Trinajstić information content (AvgIpc) is 2.83. The molecule has 0 bridgehead atoms. The van der Waals surface area contributed by atoms with E-state index in [1.165, 1.54) is 0 Å². The Kier molecular flexibility index (Phi) is 2.81. The Hall–Kier alpha value is -1.06. The minimum atomic E-state index is -0.423. The molecule has 2 aliphatic heterocycles. The fraction of sp³-hybridized carbons (Fsp3) is 0.571. The number of hydrogen-bond donors (Lipinski definition) is 1. The van der Waals surface area contributed by atoms with Crippen LogP contribution in [0, 0.1) is 6.92 Å². The summed E-state index contributed by atoms with van der Waals surface area (Å²) in [6.07, 6.45) is 2.51. The molecular weight excluding hydrogens is 216 g/mol. The third-order valence-corrected chi connectivity index (χ3v) is 3.64. The normalized spacial score (nSPS) is 32.0. The van der Waals surface area contributed by atoms with Gasteiger partial charge >= 0.3 is 0 Å². The van der Waals surface area contributed by atoms with Crippen LogP contribution >= 0.6 is 0 Å². The second-order valence-corrected chi connectivity index (χ2v) is 5.00. The maximum absolute atomic E-state index is 10.2. The van der Waals surface area contributed by atoms with Crippen LogP contribution in [0.2, 0.25) is 0 Å². The fourth-order valence-electron chi connectivity index (χ4n) is 2.72. The zero-order valence-electron chi connectivity index (χ0n) is 10.1. The van der Waals surface area contributed by atoms with Crippen LogP contribution in [0.5, 0.6) is 5.75 Å². The number of hydrogen-bond acceptors (Lipinski definition) is 3. The smallest absolute Gasteiger partial charge is 0.128 e. The highest BCUT2D eigenvalue weighted by atomic mass is 16.5.